The maximum atomic E-state index is 12.7. The molecule has 0 aliphatic rings. The highest BCUT2D eigenvalue weighted by molar-refractivity contribution is 7.89. The molecule has 0 atom stereocenters. The van der Waals surface area contributed by atoms with Gasteiger partial charge in [-0.2, -0.15) is 4.31 Å². The third-order valence-corrected chi connectivity index (χ3v) is 5.75. The predicted octanol–water partition coefficient (Wildman–Crippen LogP) is 1.97. The number of rotatable bonds is 4. The average Bonchev–Trinajstić information content (AvgIpc) is 2.36. The summed E-state index contributed by atoms with van der Waals surface area (Å²) in [4.78, 5) is 11.7. The van der Waals surface area contributed by atoms with E-state index in [0.29, 0.717) is 11.1 Å². The van der Waals surface area contributed by atoms with Crippen molar-refractivity contribution in [3.63, 3.8) is 0 Å². The molecule has 0 aliphatic heterocycles. The van der Waals surface area contributed by atoms with Crippen molar-refractivity contribution in [3.8, 4) is 0 Å². The van der Waals surface area contributed by atoms with Crippen LogP contribution in [0.4, 0.5) is 0 Å². The van der Waals surface area contributed by atoms with Gasteiger partial charge in [-0.1, -0.05) is 32.9 Å². The number of nitrogens with zero attached hydrogens (tertiary/aromatic N) is 1. The normalized spacial score (nSPS) is 12.5. The summed E-state index contributed by atoms with van der Waals surface area (Å²) in [6.45, 7) is 9.66. The van der Waals surface area contributed by atoms with Crippen LogP contribution in [0.3, 0.4) is 0 Å². The molecule has 1 amide bonds. The quantitative estimate of drug-likeness (QED) is 0.920. The third kappa shape index (κ3) is 3.87. The Morgan fingerprint density at radius 2 is 1.64 bits per heavy atom. The molecule has 124 valence electrons. The molecule has 0 bridgehead atoms. The molecule has 5 nitrogen and oxygen atoms in total. The van der Waals surface area contributed by atoms with Gasteiger partial charge in [-0.05, 0) is 36.0 Å². The van der Waals surface area contributed by atoms with E-state index >= 15 is 0 Å². The van der Waals surface area contributed by atoms with Crippen LogP contribution in [0.2, 0.25) is 0 Å². The maximum Gasteiger partial charge on any atom is 0.243 e. The van der Waals surface area contributed by atoms with E-state index < -0.39 is 10.0 Å². The molecule has 0 heterocycles. The lowest BCUT2D eigenvalue weighted by Crippen LogP contribution is -2.37. The van der Waals surface area contributed by atoms with Crippen LogP contribution in [-0.2, 0) is 20.2 Å². The average molecular weight is 326 g/mol. The first-order valence-corrected chi connectivity index (χ1v) is 8.64. The minimum absolute atomic E-state index is 0.0498. The van der Waals surface area contributed by atoms with Crippen molar-refractivity contribution in [3.05, 3.63) is 28.8 Å². The second-order valence-electron chi connectivity index (χ2n) is 6.62. The summed E-state index contributed by atoms with van der Waals surface area (Å²) >= 11 is 0. The number of aryl methyl sites for hydroxylation is 2. The van der Waals surface area contributed by atoms with Gasteiger partial charge in [0, 0.05) is 14.1 Å². The topological polar surface area (TPSA) is 66.5 Å². The highest BCUT2D eigenvalue weighted by Crippen LogP contribution is 2.30. The van der Waals surface area contributed by atoms with Crippen molar-refractivity contribution in [2.45, 2.75) is 44.9 Å². The van der Waals surface area contributed by atoms with E-state index in [-0.39, 0.29) is 22.8 Å². The number of hydrogen-bond donors (Lipinski definition) is 1. The lowest BCUT2D eigenvalue weighted by Gasteiger charge is -2.24. The van der Waals surface area contributed by atoms with E-state index in [2.05, 4.69) is 26.1 Å². The summed E-state index contributed by atoms with van der Waals surface area (Å²) in [5.74, 6) is -0.340. The molecule has 1 rings (SSSR count). The summed E-state index contributed by atoms with van der Waals surface area (Å²) in [6, 6.07) is 3.82. The molecule has 0 unspecified atom stereocenters. The largest absolute Gasteiger partial charge is 0.358 e. The second-order valence-corrected chi connectivity index (χ2v) is 8.61. The Bertz CT molecular complexity index is 650. The van der Waals surface area contributed by atoms with Gasteiger partial charge in [0.05, 0.1) is 11.4 Å². The monoisotopic (exact) mass is 326 g/mol. The lowest BCUT2D eigenvalue weighted by atomic mass is 9.85. The molecular formula is C16H26N2O3S. The zero-order valence-corrected chi connectivity index (χ0v) is 15.3. The summed E-state index contributed by atoms with van der Waals surface area (Å²) in [6.07, 6.45) is 0. The first-order chi connectivity index (χ1) is 9.91. The number of carbonyl (C=O) groups is 1. The SMILES string of the molecule is CNC(=O)CN(C)S(=O)(=O)c1c(C)cc(C(C)(C)C)cc1C. The third-order valence-electron chi connectivity index (χ3n) is 3.64. The second kappa shape index (κ2) is 6.38. The van der Waals surface area contributed by atoms with Crippen LogP contribution in [0.25, 0.3) is 0 Å². The van der Waals surface area contributed by atoms with E-state index in [9.17, 15) is 13.2 Å². The maximum absolute atomic E-state index is 12.7. The van der Waals surface area contributed by atoms with Crippen LogP contribution in [0.15, 0.2) is 17.0 Å². The van der Waals surface area contributed by atoms with Crippen LogP contribution >= 0.6 is 0 Å². The number of likely N-dealkylation sites (N-methyl/N-ethyl adjacent to an activating group) is 2. The Morgan fingerprint density at radius 1 is 1.18 bits per heavy atom. The minimum atomic E-state index is -3.70. The fraction of sp³-hybridized carbons (Fsp3) is 0.562. The van der Waals surface area contributed by atoms with Gasteiger partial charge in [-0.3, -0.25) is 4.79 Å². The van der Waals surface area contributed by atoms with Crippen LogP contribution < -0.4 is 5.32 Å². The van der Waals surface area contributed by atoms with E-state index in [1.165, 1.54) is 14.1 Å². The molecule has 0 aliphatic carbocycles. The summed E-state index contributed by atoms with van der Waals surface area (Å²) in [7, 11) is -0.794. The van der Waals surface area contributed by atoms with Crippen molar-refractivity contribution in [1.82, 2.24) is 9.62 Å². The number of nitrogens with one attached hydrogen (secondary N) is 1. The van der Waals surface area contributed by atoms with Gasteiger partial charge in [0.15, 0.2) is 0 Å². The van der Waals surface area contributed by atoms with Crippen LogP contribution in [-0.4, -0.2) is 39.3 Å². The molecule has 0 aromatic heterocycles. The first kappa shape index (κ1) is 18.6. The molecule has 1 aromatic rings. The Kier molecular flexibility index (Phi) is 5.41. The lowest BCUT2D eigenvalue weighted by molar-refractivity contribution is -0.120. The molecule has 0 saturated heterocycles. The summed E-state index contributed by atoms with van der Waals surface area (Å²) in [5, 5.41) is 2.43. The van der Waals surface area contributed by atoms with E-state index in [1.807, 2.05) is 12.1 Å². The van der Waals surface area contributed by atoms with E-state index in [4.69, 9.17) is 0 Å². The number of benzene rings is 1. The Balaban J connectivity index is 3.35. The fourth-order valence-electron chi connectivity index (χ4n) is 2.31. The summed E-state index contributed by atoms with van der Waals surface area (Å²) in [5.41, 5.74) is 2.45. The fourth-order valence-corrected chi connectivity index (χ4v) is 3.84. The van der Waals surface area contributed by atoms with Crippen molar-refractivity contribution in [2.75, 3.05) is 20.6 Å². The Morgan fingerprint density at radius 3 is 2.00 bits per heavy atom. The molecule has 0 spiro atoms. The van der Waals surface area contributed by atoms with Crippen LogP contribution in [0.5, 0.6) is 0 Å². The van der Waals surface area contributed by atoms with Gasteiger partial charge in [-0.15, -0.1) is 0 Å². The number of sulfonamides is 1. The summed E-state index contributed by atoms with van der Waals surface area (Å²) < 4.78 is 26.5. The number of carbonyl (C=O) groups excluding carboxylic acids is 1. The van der Waals surface area contributed by atoms with Gasteiger partial charge >= 0.3 is 0 Å². The van der Waals surface area contributed by atoms with Crippen molar-refractivity contribution < 1.29 is 13.2 Å². The van der Waals surface area contributed by atoms with Crippen molar-refractivity contribution in [1.29, 1.82) is 0 Å². The molecule has 22 heavy (non-hydrogen) atoms. The highest BCUT2D eigenvalue weighted by Gasteiger charge is 2.27. The van der Waals surface area contributed by atoms with Crippen molar-refractivity contribution in [2.24, 2.45) is 0 Å². The molecule has 0 saturated carbocycles. The Hall–Kier alpha value is -1.40. The van der Waals surface area contributed by atoms with Gasteiger partial charge in [0.2, 0.25) is 15.9 Å². The molecular weight excluding hydrogens is 300 g/mol. The first-order valence-electron chi connectivity index (χ1n) is 7.20. The van der Waals surface area contributed by atoms with Crippen molar-refractivity contribution >= 4 is 15.9 Å². The molecule has 1 aromatic carbocycles. The van der Waals surface area contributed by atoms with Gasteiger partial charge < -0.3 is 5.32 Å². The van der Waals surface area contributed by atoms with E-state index in [0.717, 1.165) is 9.87 Å². The van der Waals surface area contributed by atoms with Gasteiger partial charge in [0.25, 0.3) is 0 Å². The van der Waals surface area contributed by atoms with E-state index in [1.54, 1.807) is 13.8 Å². The highest BCUT2D eigenvalue weighted by atomic mass is 32.2. The molecule has 6 heteroatoms. The number of amides is 1. The zero-order valence-electron chi connectivity index (χ0n) is 14.4. The molecule has 0 fully saturated rings. The minimum Gasteiger partial charge on any atom is -0.358 e. The number of hydrogen-bond acceptors (Lipinski definition) is 3. The molecule has 1 N–H and O–H groups in total. The predicted molar refractivity (Wildman–Crippen MR) is 88.5 cm³/mol. The zero-order chi connectivity index (χ0) is 17.3. The molecule has 0 radical (unpaired) electrons. The Labute approximate surface area is 133 Å². The van der Waals surface area contributed by atoms with Gasteiger partial charge in [0.1, 0.15) is 0 Å². The van der Waals surface area contributed by atoms with Crippen LogP contribution in [0, 0.1) is 13.8 Å². The van der Waals surface area contributed by atoms with Gasteiger partial charge in [-0.25, -0.2) is 8.42 Å². The smallest absolute Gasteiger partial charge is 0.243 e. The van der Waals surface area contributed by atoms with Crippen LogP contribution in [0.1, 0.15) is 37.5 Å². The standard InChI is InChI=1S/C16H26N2O3S/c1-11-8-13(16(3,4)5)9-12(2)15(11)22(20,21)18(7)10-14(19)17-6/h8-9H,10H2,1-7H3,(H,17,19).